The average molecular weight is 214 g/mol. The summed E-state index contributed by atoms with van der Waals surface area (Å²) in [4.78, 5) is 13.9. The first-order chi connectivity index (χ1) is 6.90. The van der Waals surface area contributed by atoms with Crippen LogP contribution in [0.3, 0.4) is 0 Å². The highest BCUT2D eigenvalue weighted by atomic mass is 16.2. The van der Waals surface area contributed by atoms with Crippen LogP contribution in [-0.4, -0.2) is 29.4 Å². The van der Waals surface area contributed by atoms with E-state index in [2.05, 4.69) is 20.8 Å². The zero-order valence-electron chi connectivity index (χ0n) is 10.8. The second kappa shape index (κ2) is 6.83. The predicted octanol–water partition coefficient (Wildman–Crippen LogP) is 2.01. The minimum absolute atomic E-state index is 0.0977. The molecule has 0 aromatic rings. The van der Waals surface area contributed by atoms with Crippen molar-refractivity contribution in [3.8, 4) is 0 Å². The molecule has 0 saturated carbocycles. The lowest BCUT2D eigenvalue weighted by Crippen LogP contribution is -2.48. The highest BCUT2D eigenvalue weighted by Gasteiger charge is 2.22. The van der Waals surface area contributed by atoms with Gasteiger partial charge in [0, 0.05) is 12.6 Å². The molecule has 0 bridgehead atoms. The number of nitrogens with zero attached hydrogens (tertiary/aromatic N) is 1. The minimum Gasteiger partial charge on any atom is -0.339 e. The van der Waals surface area contributed by atoms with Gasteiger partial charge >= 0.3 is 0 Å². The fraction of sp³-hybridized carbons (Fsp3) is 0.917. The van der Waals surface area contributed by atoms with Crippen LogP contribution in [0.15, 0.2) is 0 Å². The lowest BCUT2D eigenvalue weighted by atomic mass is 10.1. The molecule has 0 aliphatic heterocycles. The van der Waals surface area contributed by atoms with E-state index in [1.54, 1.807) is 0 Å². The van der Waals surface area contributed by atoms with Crippen molar-refractivity contribution in [2.45, 2.75) is 59.5 Å². The molecule has 0 aliphatic rings. The van der Waals surface area contributed by atoms with Gasteiger partial charge < -0.3 is 10.6 Å². The maximum absolute atomic E-state index is 12.0. The molecule has 0 fully saturated rings. The van der Waals surface area contributed by atoms with Crippen molar-refractivity contribution < 1.29 is 4.79 Å². The fourth-order valence-electron chi connectivity index (χ4n) is 1.60. The zero-order chi connectivity index (χ0) is 12.0. The van der Waals surface area contributed by atoms with Crippen molar-refractivity contribution in [1.82, 2.24) is 4.90 Å². The van der Waals surface area contributed by atoms with Crippen LogP contribution in [0.1, 0.15) is 47.5 Å². The van der Waals surface area contributed by atoms with Gasteiger partial charge in [-0.1, -0.05) is 27.2 Å². The Bertz CT molecular complexity index is 190. The Kier molecular flexibility index (Phi) is 6.57. The van der Waals surface area contributed by atoms with E-state index in [4.69, 9.17) is 5.73 Å². The summed E-state index contributed by atoms with van der Waals surface area (Å²) in [6.45, 7) is 11.2. The molecule has 0 radical (unpaired) electrons. The fourth-order valence-corrected chi connectivity index (χ4v) is 1.60. The van der Waals surface area contributed by atoms with Crippen LogP contribution in [0.2, 0.25) is 0 Å². The number of rotatable bonds is 6. The van der Waals surface area contributed by atoms with Crippen LogP contribution in [0.5, 0.6) is 0 Å². The maximum Gasteiger partial charge on any atom is 0.239 e. The molecule has 0 aliphatic carbocycles. The number of hydrogen-bond donors (Lipinski definition) is 1. The summed E-state index contributed by atoms with van der Waals surface area (Å²) < 4.78 is 0. The quantitative estimate of drug-likeness (QED) is 0.735. The van der Waals surface area contributed by atoms with Gasteiger partial charge in [-0.05, 0) is 26.2 Å². The summed E-state index contributed by atoms with van der Waals surface area (Å²) in [6, 6.07) is -0.0843. The topological polar surface area (TPSA) is 46.3 Å². The van der Waals surface area contributed by atoms with Crippen LogP contribution in [-0.2, 0) is 4.79 Å². The second-order valence-electron chi connectivity index (χ2n) is 4.87. The van der Waals surface area contributed by atoms with E-state index in [-0.39, 0.29) is 18.0 Å². The average Bonchev–Trinajstić information content (AvgIpc) is 2.12. The molecule has 1 atom stereocenters. The van der Waals surface area contributed by atoms with Crippen molar-refractivity contribution in [2.75, 3.05) is 6.54 Å². The summed E-state index contributed by atoms with van der Waals surface area (Å²) in [5, 5.41) is 0. The molecule has 2 N–H and O–H groups in total. The summed E-state index contributed by atoms with van der Waals surface area (Å²) in [6.07, 6.45) is 1.74. The number of carbonyl (C=O) groups is 1. The van der Waals surface area contributed by atoms with Crippen LogP contribution < -0.4 is 5.73 Å². The van der Waals surface area contributed by atoms with Gasteiger partial charge in [-0.2, -0.15) is 0 Å². The minimum atomic E-state index is -0.323. The van der Waals surface area contributed by atoms with Crippen LogP contribution in [0.25, 0.3) is 0 Å². The van der Waals surface area contributed by atoms with Crippen molar-refractivity contribution in [2.24, 2.45) is 11.7 Å². The van der Waals surface area contributed by atoms with Gasteiger partial charge in [0.05, 0.1) is 6.04 Å². The van der Waals surface area contributed by atoms with E-state index >= 15 is 0 Å². The maximum atomic E-state index is 12.0. The second-order valence-corrected chi connectivity index (χ2v) is 4.87. The molecule has 1 amide bonds. The lowest BCUT2D eigenvalue weighted by Gasteiger charge is -2.30. The third kappa shape index (κ3) is 5.17. The van der Waals surface area contributed by atoms with Gasteiger partial charge in [0.2, 0.25) is 5.91 Å². The van der Waals surface area contributed by atoms with Crippen LogP contribution in [0, 0.1) is 5.92 Å². The molecule has 0 spiro atoms. The van der Waals surface area contributed by atoms with E-state index in [0.29, 0.717) is 5.92 Å². The molecule has 3 heteroatoms. The molecule has 0 unspecified atom stereocenters. The number of nitrogens with two attached hydrogens (primary N) is 1. The van der Waals surface area contributed by atoms with Crippen molar-refractivity contribution >= 4 is 5.91 Å². The van der Waals surface area contributed by atoms with Crippen molar-refractivity contribution in [1.29, 1.82) is 0 Å². The van der Waals surface area contributed by atoms with Gasteiger partial charge in [0.1, 0.15) is 0 Å². The van der Waals surface area contributed by atoms with Crippen molar-refractivity contribution in [3.63, 3.8) is 0 Å². The van der Waals surface area contributed by atoms with E-state index in [1.165, 1.54) is 0 Å². The first-order valence-corrected chi connectivity index (χ1v) is 5.96. The van der Waals surface area contributed by atoms with Gasteiger partial charge in [-0.3, -0.25) is 4.79 Å². The molecular weight excluding hydrogens is 188 g/mol. The summed E-state index contributed by atoms with van der Waals surface area (Å²) >= 11 is 0. The first-order valence-electron chi connectivity index (χ1n) is 5.96. The Morgan fingerprint density at radius 3 is 2.13 bits per heavy atom. The molecule has 90 valence electrons. The standard InChI is InChI=1S/C12H26N2O/c1-6-7-11(13)12(15)14(10(4)5)8-9(2)3/h9-11H,6-8,13H2,1-5H3/t11-/m1/s1. The normalized spacial score (nSPS) is 13.3. The Morgan fingerprint density at radius 2 is 1.80 bits per heavy atom. The first kappa shape index (κ1) is 14.4. The molecule has 0 aromatic carbocycles. The van der Waals surface area contributed by atoms with E-state index < -0.39 is 0 Å². The zero-order valence-corrected chi connectivity index (χ0v) is 10.8. The van der Waals surface area contributed by atoms with E-state index in [0.717, 1.165) is 19.4 Å². The Hall–Kier alpha value is -0.570. The van der Waals surface area contributed by atoms with Crippen molar-refractivity contribution in [3.05, 3.63) is 0 Å². The molecule has 0 aromatic heterocycles. The smallest absolute Gasteiger partial charge is 0.239 e. The summed E-state index contributed by atoms with van der Waals surface area (Å²) in [5.74, 6) is 0.589. The highest BCUT2D eigenvalue weighted by molar-refractivity contribution is 5.81. The SMILES string of the molecule is CCC[C@@H](N)C(=O)N(CC(C)C)C(C)C. The Morgan fingerprint density at radius 1 is 1.27 bits per heavy atom. The van der Waals surface area contributed by atoms with E-state index in [1.807, 2.05) is 18.7 Å². The van der Waals surface area contributed by atoms with Crippen LogP contribution >= 0.6 is 0 Å². The Labute approximate surface area is 94.0 Å². The van der Waals surface area contributed by atoms with Gasteiger partial charge in [0.15, 0.2) is 0 Å². The molecular formula is C12H26N2O. The third-order valence-electron chi connectivity index (χ3n) is 2.39. The van der Waals surface area contributed by atoms with E-state index in [9.17, 15) is 4.79 Å². The predicted molar refractivity (Wildman–Crippen MR) is 64.6 cm³/mol. The lowest BCUT2D eigenvalue weighted by molar-refractivity contribution is -0.135. The number of hydrogen-bond acceptors (Lipinski definition) is 2. The monoisotopic (exact) mass is 214 g/mol. The van der Waals surface area contributed by atoms with Crippen LogP contribution in [0.4, 0.5) is 0 Å². The summed E-state index contributed by atoms with van der Waals surface area (Å²) in [7, 11) is 0. The third-order valence-corrected chi connectivity index (χ3v) is 2.39. The summed E-state index contributed by atoms with van der Waals surface area (Å²) in [5.41, 5.74) is 5.85. The molecule has 0 heterocycles. The van der Waals surface area contributed by atoms with Gasteiger partial charge in [-0.15, -0.1) is 0 Å². The van der Waals surface area contributed by atoms with Gasteiger partial charge in [0.25, 0.3) is 0 Å². The molecule has 3 nitrogen and oxygen atoms in total. The number of carbonyl (C=O) groups excluding carboxylic acids is 1. The molecule has 15 heavy (non-hydrogen) atoms. The molecule has 0 saturated heterocycles. The number of amides is 1. The Balaban J connectivity index is 4.41. The van der Waals surface area contributed by atoms with Gasteiger partial charge in [-0.25, -0.2) is 0 Å². The molecule has 0 rings (SSSR count). The largest absolute Gasteiger partial charge is 0.339 e. The highest BCUT2D eigenvalue weighted by Crippen LogP contribution is 2.08.